The van der Waals surface area contributed by atoms with Crippen LogP contribution in [-0.4, -0.2) is 0 Å². The van der Waals surface area contributed by atoms with Gasteiger partial charge in [0.1, 0.15) is 5.83 Å². The molecule has 0 spiro atoms. The van der Waals surface area contributed by atoms with Crippen LogP contribution >= 0.6 is 0 Å². The molecule has 0 saturated carbocycles. The van der Waals surface area contributed by atoms with E-state index in [2.05, 4.69) is 77.6 Å². The van der Waals surface area contributed by atoms with E-state index in [0.29, 0.717) is 6.42 Å². The predicted octanol–water partition coefficient (Wildman–Crippen LogP) is 8.94. The van der Waals surface area contributed by atoms with E-state index in [0.717, 1.165) is 34.3 Å². The van der Waals surface area contributed by atoms with Crippen LogP contribution in [0, 0.1) is 16.7 Å². The van der Waals surface area contributed by atoms with E-state index in [1.54, 1.807) is 0 Å². The topological polar surface area (TPSA) is 0 Å². The molecule has 0 amide bonds. The van der Waals surface area contributed by atoms with Gasteiger partial charge >= 0.3 is 0 Å². The Hall–Kier alpha value is -2.15. The van der Waals surface area contributed by atoms with Crippen molar-refractivity contribution in [3.8, 4) is 0 Å². The number of allylic oxidation sites excluding steroid dienone is 8. The maximum atomic E-state index is 14.9. The summed E-state index contributed by atoms with van der Waals surface area (Å²) in [6.07, 6.45) is 12.0. The Bertz CT molecular complexity index is 875. The fourth-order valence-electron chi connectivity index (χ4n) is 4.49. The Balaban J connectivity index is 2.69. The maximum absolute atomic E-state index is 14.9. The number of halogens is 1. The van der Waals surface area contributed by atoms with Crippen molar-refractivity contribution in [3.63, 3.8) is 0 Å². The largest absolute Gasteiger partial charge is 0.212 e. The molecule has 1 heteroatoms. The summed E-state index contributed by atoms with van der Waals surface area (Å²) in [6.45, 7) is 19.6. The fraction of sp³-hybridized carbons (Fsp3) is 0.429. The van der Waals surface area contributed by atoms with Crippen LogP contribution in [0.3, 0.4) is 0 Å². The van der Waals surface area contributed by atoms with Crippen molar-refractivity contribution in [1.29, 1.82) is 0 Å². The molecule has 0 aromatic heterocycles. The van der Waals surface area contributed by atoms with Crippen LogP contribution < -0.4 is 0 Å². The molecule has 1 aliphatic rings. The highest BCUT2D eigenvalue weighted by Gasteiger charge is 2.46. The lowest BCUT2D eigenvalue weighted by Gasteiger charge is -2.49. The average Bonchev–Trinajstić information content (AvgIpc) is 2.69. The predicted molar refractivity (Wildman–Crippen MR) is 127 cm³/mol. The van der Waals surface area contributed by atoms with E-state index in [-0.39, 0.29) is 22.6 Å². The van der Waals surface area contributed by atoms with Crippen LogP contribution in [0.2, 0.25) is 0 Å². The standard InChI is InChI=1S/C28H37F/c1-9-14-22-15-12-13-16-23(22)21(5)24-18-20(4)26(29)19-25(24)28(8,17-10-2)27(6,7)11-3/h9-10,12-18,25H,5,11,19H2,1-4,6-8H3/b14-9-,17-10?. The molecule has 0 bridgehead atoms. The second kappa shape index (κ2) is 9.11. The molecule has 29 heavy (non-hydrogen) atoms. The zero-order valence-corrected chi connectivity index (χ0v) is 19.3. The Morgan fingerprint density at radius 1 is 1.17 bits per heavy atom. The first-order valence-corrected chi connectivity index (χ1v) is 10.7. The Morgan fingerprint density at radius 3 is 2.41 bits per heavy atom. The van der Waals surface area contributed by atoms with Crippen LogP contribution in [0.15, 0.2) is 72.1 Å². The number of rotatable bonds is 7. The molecule has 0 N–H and O–H groups in total. The van der Waals surface area contributed by atoms with Gasteiger partial charge in [0, 0.05) is 12.3 Å². The van der Waals surface area contributed by atoms with Gasteiger partial charge in [-0.15, -0.1) is 0 Å². The van der Waals surface area contributed by atoms with Gasteiger partial charge in [0.15, 0.2) is 0 Å². The number of hydrogen-bond donors (Lipinski definition) is 0. The van der Waals surface area contributed by atoms with Gasteiger partial charge in [-0.3, -0.25) is 0 Å². The van der Waals surface area contributed by atoms with E-state index < -0.39 is 0 Å². The normalized spacial score (nSPS) is 20.3. The van der Waals surface area contributed by atoms with Crippen molar-refractivity contribution in [3.05, 3.63) is 83.2 Å². The van der Waals surface area contributed by atoms with Gasteiger partial charge in [-0.2, -0.15) is 0 Å². The molecule has 0 fully saturated rings. The molecular formula is C28H37F. The van der Waals surface area contributed by atoms with E-state index in [9.17, 15) is 4.39 Å². The highest BCUT2D eigenvalue weighted by Crippen LogP contribution is 2.56. The van der Waals surface area contributed by atoms with Crippen LogP contribution in [0.1, 0.15) is 72.4 Å². The molecule has 2 rings (SSSR count). The first-order valence-electron chi connectivity index (χ1n) is 10.7. The molecule has 1 aromatic carbocycles. The van der Waals surface area contributed by atoms with Crippen molar-refractivity contribution in [2.24, 2.45) is 16.7 Å². The van der Waals surface area contributed by atoms with E-state index in [1.165, 1.54) is 0 Å². The summed E-state index contributed by atoms with van der Waals surface area (Å²) in [7, 11) is 0. The van der Waals surface area contributed by atoms with Crippen molar-refractivity contribution in [2.45, 2.75) is 61.3 Å². The molecule has 0 nitrogen and oxygen atoms in total. The molecule has 1 aliphatic carbocycles. The van der Waals surface area contributed by atoms with E-state index in [4.69, 9.17) is 0 Å². The minimum Gasteiger partial charge on any atom is -0.212 e. The molecule has 1 aromatic rings. The third kappa shape index (κ3) is 4.39. The van der Waals surface area contributed by atoms with Crippen molar-refractivity contribution >= 4 is 11.6 Å². The molecule has 0 aliphatic heterocycles. The van der Waals surface area contributed by atoms with Crippen molar-refractivity contribution < 1.29 is 4.39 Å². The second-order valence-electron chi connectivity index (χ2n) is 9.03. The van der Waals surface area contributed by atoms with Gasteiger partial charge in [0.25, 0.3) is 0 Å². The zero-order chi connectivity index (χ0) is 21.8. The van der Waals surface area contributed by atoms with Crippen LogP contribution in [-0.2, 0) is 0 Å². The summed E-state index contributed by atoms with van der Waals surface area (Å²) in [6, 6.07) is 8.34. The lowest BCUT2D eigenvalue weighted by molar-refractivity contribution is 0.0816. The molecule has 2 atom stereocenters. The van der Waals surface area contributed by atoms with Crippen LogP contribution in [0.4, 0.5) is 4.39 Å². The summed E-state index contributed by atoms with van der Waals surface area (Å²) in [4.78, 5) is 0. The Morgan fingerprint density at radius 2 is 1.83 bits per heavy atom. The van der Waals surface area contributed by atoms with Gasteiger partial charge in [0.2, 0.25) is 0 Å². The van der Waals surface area contributed by atoms with Crippen molar-refractivity contribution in [1.82, 2.24) is 0 Å². The highest BCUT2D eigenvalue weighted by atomic mass is 19.1. The fourth-order valence-corrected chi connectivity index (χ4v) is 4.49. The smallest absolute Gasteiger partial charge is 0.103 e. The minimum atomic E-state index is -0.196. The molecule has 0 radical (unpaired) electrons. The highest BCUT2D eigenvalue weighted by molar-refractivity contribution is 5.84. The Labute approximate surface area is 177 Å². The number of hydrogen-bond acceptors (Lipinski definition) is 0. The lowest BCUT2D eigenvalue weighted by atomic mass is 9.54. The van der Waals surface area contributed by atoms with Gasteiger partial charge < -0.3 is 0 Å². The number of benzene rings is 1. The van der Waals surface area contributed by atoms with Gasteiger partial charge in [-0.05, 0) is 59.4 Å². The first kappa shape index (κ1) is 23.1. The quantitative estimate of drug-likeness (QED) is 0.406. The molecule has 156 valence electrons. The van der Waals surface area contributed by atoms with E-state index >= 15 is 0 Å². The summed E-state index contributed by atoms with van der Waals surface area (Å²) in [5, 5.41) is 0. The van der Waals surface area contributed by atoms with Gasteiger partial charge in [0.05, 0.1) is 0 Å². The Kier molecular flexibility index (Phi) is 7.27. The first-order chi connectivity index (χ1) is 13.6. The molecule has 2 unspecified atom stereocenters. The summed E-state index contributed by atoms with van der Waals surface area (Å²) >= 11 is 0. The van der Waals surface area contributed by atoms with Gasteiger partial charge in [-0.25, -0.2) is 4.39 Å². The third-order valence-electron chi connectivity index (χ3n) is 7.12. The van der Waals surface area contributed by atoms with Gasteiger partial charge in [-0.1, -0.05) is 95.3 Å². The van der Waals surface area contributed by atoms with Crippen molar-refractivity contribution in [2.75, 3.05) is 0 Å². The third-order valence-corrected chi connectivity index (χ3v) is 7.12. The summed E-state index contributed by atoms with van der Waals surface area (Å²) < 4.78 is 14.9. The SMILES string of the molecule is C=C(C1=CC(C)=C(F)CC1C(C)(C=CC)C(C)(C)CC)c1ccccc1/C=C\C. The van der Waals surface area contributed by atoms with Crippen LogP contribution in [0.25, 0.3) is 11.6 Å². The maximum Gasteiger partial charge on any atom is 0.103 e. The lowest BCUT2D eigenvalue weighted by Crippen LogP contribution is -2.41. The van der Waals surface area contributed by atoms with Crippen LogP contribution in [0.5, 0.6) is 0 Å². The zero-order valence-electron chi connectivity index (χ0n) is 19.3. The van der Waals surface area contributed by atoms with E-state index in [1.807, 2.05) is 32.1 Å². The molecule has 0 heterocycles. The minimum absolute atomic E-state index is 0.00378. The molecular weight excluding hydrogens is 355 g/mol. The second-order valence-corrected chi connectivity index (χ2v) is 9.03. The average molecular weight is 393 g/mol. The summed E-state index contributed by atoms with van der Waals surface area (Å²) in [5.74, 6) is 0.0273. The monoisotopic (exact) mass is 392 g/mol. The summed E-state index contributed by atoms with van der Waals surface area (Å²) in [5.41, 5.74) is 4.96. The molecule has 0 saturated heterocycles.